The zero-order chi connectivity index (χ0) is 12.3. The van der Waals surface area contributed by atoms with Gasteiger partial charge in [0.2, 0.25) is 10.0 Å². The lowest BCUT2D eigenvalue weighted by Crippen LogP contribution is -2.23. The van der Waals surface area contributed by atoms with E-state index in [1.165, 1.54) is 12.4 Å². The third-order valence-electron chi connectivity index (χ3n) is 2.37. The number of rotatable bonds is 4. The number of aryl methyl sites for hydroxylation is 1. The van der Waals surface area contributed by atoms with E-state index in [9.17, 15) is 8.42 Å². The maximum Gasteiger partial charge on any atom is 0.243 e. The van der Waals surface area contributed by atoms with E-state index in [0.717, 1.165) is 11.1 Å². The first-order valence-electron chi connectivity index (χ1n) is 4.97. The number of aromatic nitrogens is 3. The van der Waals surface area contributed by atoms with Gasteiger partial charge in [0.15, 0.2) is 0 Å². The molecule has 0 amide bonds. The molecule has 2 N–H and O–H groups in total. The van der Waals surface area contributed by atoms with Gasteiger partial charge < -0.3 is 0 Å². The minimum atomic E-state index is -3.50. The van der Waals surface area contributed by atoms with E-state index >= 15 is 0 Å². The lowest BCUT2D eigenvalue weighted by atomic mass is 10.2. The monoisotopic (exact) mass is 252 g/mol. The van der Waals surface area contributed by atoms with Crippen LogP contribution in [0.2, 0.25) is 0 Å². The van der Waals surface area contributed by atoms with Crippen molar-refractivity contribution in [1.82, 2.24) is 19.9 Å². The number of hydrogen-bond donors (Lipinski definition) is 2. The van der Waals surface area contributed by atoms with Crippen molar-refractivity contribution in [2.45, 2.75) is 18.4 Å². The number of hydrogen-bond acceptors (Lipinski definition) is 4. The molecule has 0 atom stereocenters. The largest absolute Gasteiger partial charge is 0.284 e. The summed E-state index contributed by atoms with van der Waals surface area (Å²) in [5, 5.41) is 6.07. The maximum atomic E-state index is 11.8. The van der Waals surface area contributed by atoms with Crippen molar-refractivity contribution in [2.75, 3.05) is 0 Å². The fourth-order valence-corrected chi connectivity index (χ4v) is 2.25. The number of nitrogens with zero attached hydrogens (tertiary/aromatic N) is 2. The number of sulfonamides is 1. The van der Waals surface area contributed by atoms with Crippen molar-refractivity contribution >= 4 is 10.0 Å². The minimum absolute atomic E-state index is 0.129. The standard InChI is InChI=1S/C10H12N4O2S/c1-8-4-11-3-2-9(8)5-14-17(15,16)10-6-12-13-7-10/h2-4,6-7,14H,5H2,1H3,(H,12,13). The zero-order valence-electron chi connectivity index (χ0n) is 9.21. The Balaban J connectivity index is 2.12. The van der Waals surface area contributed by atoms with Gasteiger partial charge in [-0.1, -0.05) is 0 Å². The summed E-state index contributed by atoms with van der Waals surface area (Å²) < 4.78 is 26.1. The highest BCUT2D eigenvalue weighted by Crippen LogP contribution is 2.08. The van der Waals surface area contributed by atoms with Gasteiger partial charge in [0.25, 0.3) is 0 Å². The molecule has 6 nitrogen and oxygen atoms in total. The molecule has 90 valence electrons. The molecule has 0 saturated heterocycles. The average molecular weight is 252 g/mol. The van der Waals surface area contributed by atoms with Crippen molar-refractivity contribution in [3.8, 4) is 0 Å². The van der Waals surface area contributed by atoms with Crippen LogP contribution in [0.5, 0.6) is 0 Å². The topological polar surface area (TPSA) is 87.7 Å². The molecule has 0 aromatic carbocycles. The molecule has 2 aromatic heterocycles. The van der Waals surface area contributed by atoms with Gasteiger partial charge in [-0.15, -0.1) is 0 Å². The van der Waals surface area contributed by atoms with Crippen LogP contribution in [0.15, 0.2) is 35.7 Å². The van der Waals surface area contributed by atoms with Gasteiger partial charge in [-0.2, -0.15) is 5.10 Å². The second-order valence-corrected chi connectivity index (χ2v) is 5.33. The first-order valence-corrected chi connectivity index (χ1v) is 6.46. The van der Waals surface area contributed by atoms with E-state index in [2.05, 4.69) is 19.9 Å². The molecule has 2 rings (SSSR count). The van der Waals surface area contributed by atoms with Crippen LogP contribution in [0.25, 0.3) is 0 Å². The first-order chi connectivity index (χ1) is 8.09. The Morgan fingerprint density at radius 2 is 2.24 bits per heavy atom. The van der Waals surface area contributed by atoms with E-state index in [0.29, 0.717) is 0 Å². The molecule has 2 aromatic rings. The molecular weight excluding hydrogens is 240 g/mol. The van der Waals surface area contributed by atoms with Crippen LogP contribution in [-0.4, -0.2) is 23.6 Å². The summed E-state index contributed by atoms with van der Waals surface area (Å²) in [4.78, 5) is 4.08. The van der Waals surface area contributed by atoms with Crippen molar-refractivity contribution in [3.05, 3.63) is 42.0 Å². The molecule has 0 spiro atoms. The highest BCUT2D eigenvalue weighted by Gasteiger charge is 2.14. The quantitative estimate of drug-likeness (QED) is 0.833. The number of nitrogens with one attached hydrogen (secondary N) is 2. The van der Waals surface area contributed by atoms with E-state index < -0.39 is 10.0 Å². The summed E-state index contributed by atoms with van der Waals surface area (Å²) in [5.74, 6) is 0. The van der Waals surface area contributed by atoms with Crippen LogP contribution < -0.4 is 4.72 Å². The lowest BCUT2D eigenvalue weighted by Gasteiger charge is -2.06. The summed E-state index contributed by atoms with van der Waals surface area (Å²) in [5.41, 5.74) is 1.84. The van der Waals surface area contributed by atoms with Crippen LogP contribution in [-0.2, 0) is 16.6 Å². The Hall–Kier alpha value is -1.73. The summed E-state index contributed by atoms with van der Waals surface area (Å²) >= 11 is 0. The molecule has 17 heavy (non-hydrogen) atoms. The average Bonchev–Trinajstić information content (AvgIpc) is 2.82. The SMILES string of the molecule is Cc1cnccc1CNS(=O)(=O)c1cn[nH]c1. The summed E-state index contributed by atoms with van der Waals surface area (Å²) in [6, 6.07) is 1.78. The molecule has 0 aliphatic carbocycles. The second-order valence-electron chi connectivity index (χ2n) is 3.56. The van der Waals surface area contributed by atoms with Crippen molar-refractivity contribution < 1.29 is 8.42 Å². The molecule has 7 heteroatoms. The Morgan fingerprint density at radius 3 is 2.88 bits per heavy atom. The molecule has 2 heterocycles. The minimum Gasteiger partial charge on any atom is -0.284 e. The number of pyridine rings is 1. The summed E-state index contributed by atoms with van der Waals surface area (Å²) in [6.45, 7) is 2.12. The molecule has 0 bridgehead atoms. The fourth-order valence-electron chi connectivity index (χ4n) is 1.34. The second kappa shape index (κ2) is 4.64. The number of aromatic amines is 1. The van der Waals surface area contributed by atoms with Crippen LogP contribution in [0.4, 0.5) is 0 Å². The van der Waals surface area contributed by atoms with Crippen LogP contribution in [0.3, 0.4) is 0 Å². The fraction of sp³-hybridized carbons (Fsp3) is 0.200. The Kier molecular flexibility index (Phi) is 3.21. The molecule has 0 radical (unpaired) electrons. The van der Waals surface area contributed by atoms with Crippen molar-refractivity contribution in [3.63, 3.8) is 0 Å². The van der Waals surface area contributed by atoms with Gasteiger partial charge in [-0.05, 0) is 24.1 Å². The highest BCUT2D eigenvalue weighted by atomic mass is 32.2. The normalized spacial score (nSPS) is 11.6. The Bertz CT molecular complexity index is 593. The molecule has 0 aliphatic rings. The lowest BCUT2D eigenvalue weighted by molar-refractivity contribution is 0.581. The van der Waals surface area contributed by atoms with Crippen LogP contribution >= 0.6 is 0 Å². The Labute approximate surface area is 99.1 Å². The third-order valence-corrected chi connectivity index (χ3v) is 3.74. The third kappa shape index (κ3) is 2.69. The number of H-pyrrole nitrogens is 1. The zero-order valence-corrected chi connectivity index (χ0v) is 10.0. The van der Waals surface area contributed by atoms with Gasteiger partial charge in [0.1, 0.15) is 4.90 Å². The molecule has 0 saturated carbocycles. The first kappa shape index (κ1) is 11.7. The smallest absolute Gasteiger partial charge is 0.243 e. The molecule has 0 unspecified atom stereocenters. The van der Waals surface area contributed by atoms with Gasteiger partial charge >= 0.3 is 0 Å². The van der Waals surface area contributed by atoms with E-state index in [1.807, 2.05) is 6.92 Å². The molecule has 0 aliphatic heterocycles. The van der Waals surface area contributed by atoms with E-state index in [4.69, 9.17) is 0 Å². The maximum absolute atomic E-state index is 11.8. The van der Waals surface area contributed by atoms with Crippen LogP contribution in [0.1, 0.15) is 11.1 Å². The van der Waals surface area contributed by atoms with E-state index in [-0.39, 0.29) is 11.4 Å². The predicted molar refractivity (Wildman–Crippen MR) is 61.6 cm³/mol. The Morgan fingerprint density at radius 1 is 1.41 bits per heavy atom. The molecular formula is C10H12N4O2S. The van der Waals surface area contributed by atoms with Gasteiger partial charge in [-0.25, -0.2) is 13.1 Å². The van der Waals surface area contributed by atoms with Crippen molar-refractivity contribution in [1.29, 1.82) is 0 Å². The van der Waals surface area contributed by atoms with Crippen LogP contribution in [0, 0.1) is 6.92 Å². The summed E-state index contributed by atoms with van der Waals surface area (Å²) in [6.07, 6.45) is 5.93. The van der Waals surface area contributed by atoms with E-state index in [1.54, 1.807) is 18.5 Å². The summed E-state index contributed by atoms with van der Waals surface area (Å²) in [7, 11) is -3.50. The highest BCUT2D eigenvalue weighted by molar-refractivity contribution is 7.89. The molecule has 0 fully saturated rings. The van der Waals surface area contributed by atoms with Gasteiger partial charge in [-0.3, -0.25) is 10.1 Å². The van der Waals surface area contributed by atoms with Crippen molar-refractivity contribution in [2.24, 2.45) is 0 Å². The van der Waals surface area contributed by atoms with Gasteiger partial charge in [0, 0.05) is 25.1 Å². The predicted octanol–water partition coefficient (Wildman–Crippen LogP) is 0.592. The van der Waals surface area contributed by atoms with Gasteiger partial charge in [0.05, 0.1) is 6.20 Å².